The van der Waals surface area contributed by atoms with Crippen molar-refractivity contribution in [3.05, 3.63) is 47.3 Å². The molecule has 0 aliphatic carbocycles. The van der Waals surface area contributed by atoms with Crippen LogP contribution in [0.1, 0.15) is 43.0 Å². The molecule has 0 radical (unpaired) electrons. The SMILES string of the molecule is Cc1cc(Nc2nccc(C(F)F)n2)cc(C2(C[C@@](C)(O)CC#N)CNN=N2)c1. The molecule has 2 aromatic rings. The first-order valence-electron chi connectivity index (χ1n) is 8.97. The molecule has 3 N–H and O–H groups in total. The summed E-state index contributed by atoms with van der Waals surface area (Å²) in [6, 6.07) is 8.67. The summed E-state index contributed by atoms with van der Waals surface area (Å²) in [6.07, 6.45) is -1.29. The van der Waals surface area contributed by atoms with E-state index in [9.17, 15) is 13.9 Å². The standard InChI is InChI=1S/C19H21F2N7O/c1-12-7-13(19(11-24-28-27-19)10-18(2,29)4-5-22)9-14(8-12)25-17-23-6-3-15(26-17)16(20)21/h3,6-9,16,29H,4,10-11H2,1-2H3,(H,24,27)(H,23,25,26)/t18-,19?/m0/s1. The van der Waals surface area contributed by atoms with Gasteiger partial charge in [0.25, 0.3) is 6.43 Å². The first-order valence-corrected chi connectivity index (χ1v) is 8.97. The third kappa shape index (κ3) is 4.81. The lowest BCUT2D eigenvalue weighted by Gasteiger charge is -2.32. The summed E-state index contributed by atoms with van der Waals surface area (Å²) in [5.41, 5.74) is 2.57. The Hall–Kier alpha value is -3.19. The molecule has 0 saturated heterocycles. The van der Waals surface area contributed by atoms with Crippen LogP contribution >= 0.6 is 0 Å². The van der Waals surface area contributed by atoms with Gasteiger partial charge in [0.05, 0.1) is 24.6 Å². The summed E-state index contributed by atoms with van der Waals surface area (Å²) in [6.45, 7) is 3.82. The molecule has 2 atom stereocenters. The molecule has 29 heavy (non-hydrogen) atoms. The molecule has 0 bridgehead atoms. The Labute approximate surface area is 166 Å². The zero-order valence-electron chi connectivity index (χ0n) is 16.0. The van der Waals surface area contributed by atoms with Gasteiger partial charge in [0.2, 0.25) is 5.95 Å². The molecule has 10 heteroatoms. The van der Waals surface area contributed by atoms with Crippen molar-refractivity contribution in [2.75, 3.05) is 11.9 Å². The van der Waals surface area contributed by atoms with Crippen LogP contribution in [0.3, 0.4) is 0 Å². The minimum Gasteiger partial charge on any atom is -0.389 e. The maximum Gasteiger partial charge on any atom is 0.280 e. The monoisotopic (exact) mass is 401 g/mol. The van der Waals surface area contributed by atoms with Gasteiger partial charge in [-0.25, -0.2) is 18.7 Å². The van der Waals surface area contributed by atoms with E-state index in [1.165, 1.54) is 6.20 Å². The number of nitriles is 1. The number of alkyl halides is 2. The van der Waals surface area contributed by atoms with Gasteiger partial charge >= 0.3 is 0 Å². The molecular weight excluding hydrogens is 380 g/mol. The molecule has 1 unspecified atom stereocenters. The fraction of sp³-hybridized carbons (Fsp3) is 0.421. The molecular formula is C19H21F2N7O. The predicted molar refractivity (Wildman–Crippen MR) is 101 cm³/mol. The van der Waals surface area contributed by atoms with Gasteiger partial charge < -0.3 is 10.4 Å². The number of hydrogen-bond acceptors (Lipinski definition) is 8. The van der Waals surface area contributed by atoms with Crippen molar-refractivity contribution in [2.45, 2.75) is 44.3 Å². The Morgan fingerprint density at radius 3 is 2.86 bits per heavy atom. The number of aliphatic hydroxyl groups is 1. The summed E-state index contributed by atoms with van der Waals surface area (Å²) in [4.78, 5) is 7.81. The maximum absolute atomic E-state index is 12.9. The van der Waals surface area contributed by atoms with E-state index in [1.54, 1.807) is 13.0 Å². The van der Waals surface area contributed by atoms with Crippen LogP contribution in [0.4, 0.5) is 20.4 Å². The Morgan fingerprint density at radius 1 is 1.41 bits per heavy atom. The van der Waals surface area contributed by atoms with Crippen molar-refractivity contribution >= 4 is 11.6 Å². The van der Waals surface area contributed by atoms with E-state index in [-0.39, 0.29) is 24.5 Å². The number of aryl methyl sites for hydroxylation is 1. The van der Waals surface area contributed by atoms with Crippen LogP contribution in [0, 0.1) is 18.3 Å². The summed E-state index contributed by atoms with van der Waals surface area (Å²) >= 11 is 0. The van der Waals surface area contributed by atoms with E-state index in [0.717, 1.165) is 17.2 Å². The van der Waals surface area contributed by atoms with Crippen LogP contribution < -0.4 is 10.7 Å². The van der Waals surface area contributed by atoms with Crippen LogP contribution in [0.2, 0.25) is 0 Å². The molecule has 0 spiro atoms. The smallest absolute Gasteiger partial charge is 0.280 e. The van der Waals surface area contributed by atoms with Crippen LogP contribution in [-0.2, 0) is 5.54 Å². The number of rotatable bonds is 7. The van der Waals surface area contributed by atoms with Gasteiger partial charge in [-0.05, 0) is 43.2 Å². The number of benzene rings is 1. The number of aromatic nitrogens is 2. The predicted octanol–water partition coefficient (Wildman–Crippen LogP) is 3.69. The van der Waals surface area contributed by atoms with E-state index in [1.807, 2.05) is 25.1 Å². The van der Waals surface area contributed by atoms with Crippen molar-refractivity contribution < 1.29 is 13.9 Å². The van der Waals surface area contributed by atoms with E-state index in [4.69, 9.17) is 5.26 Å². The number of nitrogens with zero attached hydrogens (tertiary/aromatic N) is 5. The number of hydrogen-bond donors (Lipinski definition) is 3. The highest BCUT2D eigenvalue weighted by Crippen LogP contribution is 2.39. The van der Waals surface area contributed by atoms with Crippen LogP contribution in [0.25, 0.3) is 0 Å². The van der Waals surface area contributed by atoms with E-state index in [0.29, 0.717) is 12.2 Å². The van der Waals surface area contributed by atoms with Crippen molar-refractivity contribution in [2.24, 2.45) is 10.3 Å². The maximum atomic E-state index is 12.9. The summed E-state index contributed by atoms with van der Waals surface area (Å²) in [7, 11) is 0. The number of nitrogens with one attached hydrogen (secondary N) is 2. The minimum atomic E-state index is -2.69. The third-order valence-electron chi connectivity index (χ3n) is 4.59. The second-order valence-electron chi connectivity index (χ2n) is 7.39. The Bertz CT molecular complexity index is 958. The normalized spacial score (nSPS) is 20.2. The molecule has 0 amide bonds. The van der Waals surface area contributed by atoms with Gasteiger partial charge in [-0.2, -0.15) is 10.4 Å². The molecule has 152 valence electrons. The lowest BCUT2D eigenvalue weighted by atomic mass is 9.79. The van der Waals surface area contributed by atoms with Crippen molar-refractivity contribution in [1.29, 1.82) is 5.26 Å². The average molecular weight is 401 g/mol. The van der Waals surface area contributed by atoms with E-state index < -0.39 is 17.6 Å². The average Bonchev–Trinajstić information content (AvgIpc) is 3.10. The quantitative estimate of drug-likeness (QED) is 0.651. The van der Waals surface area contributed by atoms with Gasteiger partial charge in [0, 0.05) is 18.3 Å². The topological polar surface area (TPSA) is 119 Å². The lowest BCUT2D eigenvalue weighted by molar-refractivity contribution is 0.0330. The van der Waals surface area contributed by atoms with Gasteiger partial charge in [-0.15, -0.1) is 0 Å². The number of anilines is 2. The van der Waals surface area contributed by atoms with Gasteiger partial charge in [-0.1, -0.05) is 11.3 Å². The highest BCUT2D eigenvalue weighted by Gasteiger charge is 2.42. The van der Waals surface area contributed by atoms with E-state index >= 15 is 0 Å². The summed E-state index contributed by atoms with van der Waals surface area (Å²) in [5, 5.41) is 30.7. The first-order chi connectivity index (χ1) is 13.7. The molecule has 1 aromatic heterocycles. The van der Waals surface area contributed by atoms with Crippen molar-refractivity contribution in [3.8, 4) is 6.07 Å². The first kappa shape index (κ1) is 20.5. The Kier molecular flexibility index (Phi) is 5.70. The Balaban J connectivity index is 1.94. The van der Waals surface area contributed by atoms with E-state index in [2.05, 4.69) is 31.0 Å². The van der Waals surface area contributed by atoms with Crippen molar-refractivity contribution in [3.63, 3.8) is 0 Å². The zero-order chi connectivity index (χ0) is 21.1. The second-order valence-corrected chi connectivity index (χ2v) is 7.39. The summed E-state index contributed by atoms with van der Waals surface area (Å²) < 4.78 is 25.8. The fourth-order valence-corrected chi connectivity index (χ4v) is 3.36. The van der Waals surface area contributed by atoms with Gasteiger partial charge in [-0.3, -0.25) is 5.43 Å². The highest BCUT2D eigenvalue weighted by molar-refractivity contribution is 5.57. The molecule has 0 saturated carbocycles. The Morgan fingerprint density at radius 2 is 2.21 bits per heavy atom. The summed E-state index contributed by atoms with van der Waals surface area (Å²) in [5.74, 6) is 0.0519. The van der Waals surface area contributed by atoms with Gasteiger partial charge in [0.1, 0.15) is 11.2 Å². The molecule has 1 aliphatic rings. The van der Waals surface area contributed by atoms with Crippen LogP contribution in [0.5, 0.6) is 0 Å². The highest BCUT2D eigenvalue weighted by atomic mass is 19.3. The van der Waals surface area contributed by atoms with Crippen LogP contribution in [-0.4, -0.2) is 27.2 Å². The second kappa shape index (κ2) is 8.05. The fourth-order valence-electron chi connectivity index (χ4n) is 3.36. The third-order valence-corrected chi connectivity index (χ3v) is 4.59. The molecule has 0 fully saturated rings. The molecule has 1 aromatic carbocycles. The van der Waals surface area contributed by atoms with Gasteiger partial charge in [0.15, 0.2) is 0 Å². The van der Waals surface area contributed by atoms with Crippen LogP contribution in [0.15, 0.2) is 40.8 Å². The molecule has 8 nitrogen and oxygen atoms in total. The lowest BCUT2D eigenvalue weighted by Crippen LogP contribution is -2.39. The van der Waals surface area contributed by atoms with Crippen molar-refractivity contribution in [1.82, 2.24) is 15.4 Å². The molecule has 2 heterocycles. The number of halogens is 2. The molecule has 1 aliphatic heterocycles. The zero-order valence-corrected chi connectivity index (χ0v) is 16.0. The largest absolute Gasteiger partial charge is 0.389 e. The molecule has 3 rings (SSSR count). The minimum absolute atomic E-state index is 0.0462.